The molecule has 58 valence electrons. The predicted molar refractivity (Wildman–Crippen MR) is 38.1 cm³/mol. The van der Waals surface area contributed by atoms with Crippen molar-refractivity contribution in [2.75, 3.05) is 0 Å². The van der Waals surface area contributed by atoms with Crippen molar-refractivity contribution in [1.29, 1.82) is 0 Å². The van der Waals surface area contributed by atoms with E-state index in [1.54, 1.807) is 13.8 Å². The third kappa shape index (κ3) is 11.4. The van der Waals surface area contributed by atoms with Crippen molar-refractivity contribution in [3.05, 3.63) is 0 Å². The Bertz CT molecular complexity index is 67.1. The Balaban J connectivity index is 0. The summed E-state index contributed by atoms with van der Waals surface area (Å²) in [5.41, 5.74) is 9.98. The van der Waals surface area contributed by atoms with Crippen LogP contribution >= 0.6 is 0 Å². The summed E-state index contributed by atoms with van der Waals surface area (Å²) < 4.78 is 0. The summed E-state index contributed by atoms with van der Waals surface area (Å²) in [5, 5.41) is 8.73. The first-order valence-corrected chi connectivity index (χ1v) is 2.67. The zero-order valence-corrected chi connectivity index (χ0v) is 6.09. The Kier molecular flexibility index (Phi) is 4.89. The molecule has 4 heteroatoms. The zero-order chi connectivity index (χ0) is 6.78. The Morgan fingerprint density at radius 2 is 1.89 bits per heavy atom. The number of nitrogens with two attached hydrogens (primary N) is 2. The number of rotatable bonds is 2. The fourth-order valence-electron chi connectivity index (χ4n) is 0.637. The van der Waals surface area contributed by atoms with Crippen LogP contribution in [0.25, 0.3) is 0 Å². The van der Waals surface area contributed by atoms with E-state index >= 15 is 0 Å². The van der Waals surface area contributed by atoms with E-state index in [0.717, 1.165) is 0 Å². The Hall–Kier alpha value is -0.160. The monoisotopic (exact) mass is 135 g/mol. The first-order valence-electron chi connectivity index (χ1n) is 2.67. The molecule has 8 N–H and O–H groups in total. The average Bonchev–Trinajstić information content (AvgIpc) is 1.21. The molecule has 0 amide bonds. The molecule has 0 saturated heterocycles. The molecule has 0 aromatic heterocycles. The largest absolute Gasteiger partial charge is 0.393 e. The van der Waals surface area contributed by atoms with Crippen LogP contribution in [0.5, 0.6) is 0 Å². The van der Waals surface area contributed by atoms with E-state index in [2.05, 4.69) is 0 Å². The van der Waals surface area contributed by atoms with Gasteiger partial charge in [-0.15, -0.1) is 0 Å². The maximum atomic E-state index is 8.73. The molecule has 0 bridgehead atoms. The van der Waals surface area contributed by atoms with Crippen molar-refractivity contribution >= 4 is 0 Å². The zero-order valence-electron chi connectivity index (χ0n) is 6.09. The Morgan fingerprint density at radius 1 is 1.56 bits per heavy atom. The van der Waals surface area contributed by atoms with Crippen molar-refractivity contribution < 1.29 is 5.11 Å². The normalized spacial score (nSPS) is 14.3. The number of hydrogen-bond acceptors (Lipinski definition) is 4. The van der Waals surface area contributed by atoms with Gasteiger partial charge in [-0.2, -0.15) is 0 Å². The number of aliphatic hydroxyl groups excluding tert-OH is 1. The molecule has 0 saturated carbocycles. The standard InChI is InChI=1S/C5H14N2O.H3N/c1-4(8)3-5(2,6)7;/h4,8H,3,6-7H2,1-2H3;1H3. The van der Waals surface area contributed by atoms with E-state index in [0.29, 0.717) is 6.42 Å². The third-order valence-electron chi connectivity index (χ3n) is 0.735. The molecule has 0 aromatic rings. The van der Waals surface area contributed by atoms with Gasteiger partial charge in [0.1, 0.15) is 0 Å². The molecule has 4 nitrogen and oxygen atoms in total. The number of hydrogen-bond donors (Lipinski definition) is 4. The first kappa shape index (κ1) is 11.6. The van der Waals surface area contributed by atoms with Crippen LogP contribution in [0.15, 0.2) is 0 Å². The van der Waals surface area contributed by atoms with Crippen LogP contribution < -0.4 is 17.6 Å². The average molecular weight is 135 g/mol. The summed E-state index contributed by atoms with van der Waals surface area (Å²) in [6.45, 7) is 3.34. The lowest BCUT2D eigenvalue weighted by atomic mass is 10.1. The Morgan fingerprint density at radius 3 is 1.89 bits per heavy atom. The molecule has 0 aromatic carbocycles. The third-order valence-corrected chi connectivity index (χ3v) is 0.735. The van der Waals surface area contributed by atoms with E-state index in [9.17, 15) is 0 Å². The minimum atomic E-state index is -0.728. The second-order valence-corrected chi connectivity index (χ2v) is 2.56. The first-order chi connectivity index (χ1) is 3.42. The van der Waals surface area contributed by atoms with Crippen LogP contribution in [0.2, 0.25) is 0 Å². The van der Waals surface area contributed by atoms with Crippen molar-refractivity contribution in [3.8, 4) is 0 Å². The van der Waals surface area contributed by atoms with Crippen LogP contribution in [0.3, 0.4) is 0 Å². The quantitative estimate of drug-likeness (QED) is 0.385. The lowest BCUT2D eigenvalue weighted by Gasteiger charge is -2.19. The molecular weight excluding hydrogens is 118 g/mol. The van der Waals surface area contributed by atoms with Gasteiger partial charge in [-0.25, -0.2) is 0 Å². The van der Waals surface area contributed by atoms with Gasteiger partial charge in [0.25, 0.3) is 0 Å². The molecule has 0 radical (unpaired) electrons. The topological polar surface area (TPSA) is 107 Å². The van der Waals surface area contributed by atoms with Gasteiger partial charge < -0.3 is 22.7 Å². The molecule has 1 atom stereocenters. The van der Waals surface area contributed by atoms with E-state index in [1.165, 1.54) is 0 Å². The van der Waals surface area contributed by atoms with Gasteiger partial charge in [-0.3, -0.25) is 0 Å². The van der Waals surface area contributed by atoms with Crippen molar-refractivity contribution in [2.24, 2.45) is 11.5 Å². The van der Waals surface area contributed by atoms with E-state index in [4.69, 9.17) is 16.6 Å². The SMILES string of the molecule is CC(O)CC(C)(N)N.N. The molecule has 1 unspecified atom stereocenters. The Labute approximate surface area is 55.8 Å². The second-order valence-electron chi connectivity index (χ2n) is 2.56. The van der Waals surface area contributed by atoms with Gasteiger partial charge in [-0.05, 0) is 13.8 Å². The summed E-state index contributed by atoms with van der Waals surface area (Å²) >= 11 is 0. The van der Waals surface area contributed by atoms with E-state index in [1.807, 2.05) is 0 Å². The highest BCUT2D eigenvalue weighted by atomic mass is 16.3. The van der Waals surface area contributed by atoms with Crippen LogP contribution in [0.4, 0.5) is 0 Å². The molecule has 0 rings (SSSR count). The predicted octanol–water partition coefficient (Wildman–Crippen LogP) is -0.447. The maximum absolute atomic E-state index is 8.73. The number of aliphatic hydroxyl groups is 1. The molecule has 0 aliphatic heterocycles. The molecule has 0 aliphatic carbocycles. The minimum absolute atomic E-state index is 0. The van der Waals surface area contributed by atoms with E-state index < -0.39 is 11.8 Å². The summed E-state index contributed by atoms with van der Waals surface area (Å²) in [4.78, 5) is 0. The summed E-state index contributed by atoms with van der Waals surface area (Å²) in [5.74, 6) is 0. The lowest BCUT2D eigenvalue weighted by Crippen LogP contribution is -2.48. The lowest BCUT2D eigenvalue weighted by molar-refractivity contribution is 0.155. The highest BCUT2D eigenvalue weighted by Gasteiger charge is 2.13. The van der Waals surface area contributed by atoms with Gasteiger partial charge >= 0.3 is 0 Å². The van der Waals surface area contributed by atoms with Crippen molar-refractivity contribution in [2.45, 2.75) is 32.0 Å². The summed E-state index contributed by atoms with van der Waals surface area (Å²) in [6.07, 6.45) is 0.0301. The van der Waals surface area contributed by atoms with Crippen molar-refractivity contribution in [1.82, 2.24) is 6.15 Å². The fraction of sp³-hybridized carbons (Fsp3) is 1.00. The van der Waals surface area contributed by atoms with E-state index in [-0.39, 0.29) is 6.15 Å². The van der Waals surface area contributed by atoms with Crippen LogP contribution in [0, 0.1) is 0 Å². The molecule has 0 heterocycles. The highest BCUT2D eigenvalue weighted by molar-refractivity contribution is 4.71. The van der Waals surface area contributed by atoms with Crippen LogP contribution in [-0.4, -0.2) is 16.9 Å². The minimum Gasteiger partial charge on any atom is -0.393 e. The summed E-state index contributed by atoms with van der Waals surface area (Å²) in [6, 6.07) is 0. The second kappa shape index (κ2) is 3.79. The maximum Gasteiger partial charge on any atom is 0.0632 e. The van der Waals surface area contributed by atoms with Gasteiger partial charge in [0, 0.05) is 6.42 Å². The van der Waals surface area contributed by atoms with Crippen molar-refractivity contribution in [3.63, 3.8) is 0 Å². The summed E-state index contributed by atoms with van der Waals surface area (Å²) in [7, 11) is 0. The molecule has 0 fully saturated rings. The fourth-order valence-corrected chi connectivity index (χ4v) is 0.637. The molecule has 9 heavy (non-hydrogen) atoms. The smallest absolute Gasteiger partial charge is 0.0632 e. The highest BCUT2D eigenvalue weighted by Crippen LogP contribution is 1.99. The van der Waals surface area contributed by atoms with Gasteiger partial charge in [0.2, 0.25) is 0 Å². The molecule has 0 spiro atoms. The molecular formula is C5H17N3O. The van der Waals surface area contributed by atoms with Gasteiger partial charge in [0.05, 0.1) is 11.8 Å². The molecule has 0 aliphatic rings. The van der Waals surface area contributed by atoms with Gasteiger partial charge in [0.15, 0.2) is 0 Å². The van der Waals surface area contributed by atoms with Crippen LogP contribution in [0.1, 0.15) is 20.3 Å². The van der Waals surface area contributed by atoms with Crippen LogP contribution in [-0.2, 0) is 0 Å². The van der Waals surface area contributed by atoms with Gasteiger partial charge in [-0.1, -0.05) is 0 Å².